The van der Waals surface area contributed by atoms with Crippen molar-refractivity contribution < 1.29 is 28.6 Å². The minimum atomic E-state index is -0.855. The lowest BCUT2D eigenvalue weighted by Crippen LogP contribution is -2.30. The summed E-state index contributed by atoms with van der Waals surface area (Å²) in [6, 6.07) is 0. The van der Waals surface area contributed by atoms with Gasteiger partial charge < -0.3 is 14.2 Å². The Kier molecular flexibility index (Phi) is 58.6. The predicted octanol–water partition coefficient (Wildman–Crippen LogP) is 20.9. The summed E-state index contributed by atoms with van der Waals surface area (Å²) in [6.45, 7) is 6.16. The average Bonchev–Trinajstić information content (AvgIpc) is 3.43. The van der Waals surface area contributed by atoms with Gasteiger partial charge in [-0.25, -0.2) is 0 Å². The third-order valence-electron chi connectivity index (χ3n) is 11.9. The zero-order chi connectivity index (χ0) is 55.7. The van der Waals surface area contributed by atoms with Crippen LogP contribution in [0.25, 0.3) is 0 Å². The number of hydrogen-bond acceptors (Lipinski definition) is 6. The zero-order valence-electron chi connectivity index (χ0n) is 48.9. The number of rotatable bonds is 52. The first kappa shape index (κ1) is 71.5. The van der Waals surface area contributed by atoms with Crippen LogP contribution in [0.3, 0.4) is 0 Å². The van der Waals surface area contributed by atoms with Crippen molar-refractivity contribution in [3.05, 3.63) is 182 Å². The summed E-state index contributed by atoms with van der Waals surface area (Å²) in [7, 11) is 0. The number of allylic oxidation sites excluding steroid dienone is 29. The van der Waals surface area contributed by atoms with Gasteiger partial charge >= 0.3 is 17.9 Å². The van der Waals surface area contributed by atoms with Crippen molar-refractivity contribution >= 4 is 17.9 Å². The van der Waals surface area contributed by atoms with E-state index in [1.807, 2.05) is 6.08 Å². The van der Waals surface area contributed by atoms with Gasteiger partial charge in [-0.15, -0.1) is 0 Å². The predicted molar refractivity (Wildman–Crippen MR) is 334 cm³/mol. The topological polar surface area (TPSA) is 78.9 Å². The molecule has 0 radical (unpaired) electrons. The second kappa shape index (κ2) is 63.0. The molecule has 0 N–H and O–H groups in total. The Bertz CT molecular complexity index is 1840. The molecule has 0 bridgehead atoms. The molecule has 1 atom stereocenters. The Morgan fingerprint density at radius 1 is 0.273 bits per heavy atom. The van der Waals surface area contributed by atoms with Gasteiger partial charge in [0.25, 0.3) is 0 Å². The van der Waals surface area contributed by atoms with Crippen LogP contribution in [0.1, 0.15) is 226 Å². The molecule has 0 aromatic rings. The fraction of sp³-hybridized carbons (Fsp3) is 0.535. The normalized spacial score (nSPS) is 13.4. The minimum absolute atomic E-state index is 0.107. The molecular formula is C71H108O6. The maximum absolute atomic E-state index is 12.9. The minimum Gasteiger partial charge on any atom is -0.462 e. The second-order valence-electron chi connectivity index (χ2n) is 19.1. The maximum atomic E-state index is 12.9. The molecule has 0 saturated heterocycles. The van der Waals surface area contributed by atoms with E-state index in [0.29, 0.717) is 12.8 Å². The Labute approximate surface area is 472 Å². The zero-order valence-corrected chi connectivity index (χ0v) is 48.9. The lowest BCUT2D eigenvalue weighted by atomic mass is 10.1. The van der Waals surface area contributed by atoms with Crippen LogP contribution >= 0.6 is 0 Å². The summed E-state index contributed by atoms with van der Waals surface area (Å²) in [5.74, 6) is -1.13. The number of ether oxygens (including phenoxy) is 3. The summed E-state index contributed by atoms with van der Waals surface area (Å²) in [4.78, 5) is 38.2. The van der Waals surface area contributed by atoms with Crippen LogP contribution in [-0.2, 0) is 28.6 Å². The molecule has 0 spiro atoms. The highest BCUT2D eigenvalue weighted by Crippen LogP contribution is 2.14. The van der Waals surface area contributed by atoms with E-state index in [9.17, 15) is 14.4 Å². The van der Waals surface area contributed by atoms with Crippen LogP contribution in [0.4, 0.5) is 0 Å². The van der Waals surface area contributed by atoms with Gasteiger partial charge in [0.2, 0.25) is 0 Å². The Hall–Kier alpha value is -5.49. The van der Waals surface area contributed by atoms with E-state index in [0.717, 1.165) is 128 Å². The van der Waals surface area contributed by atoms with Crippen molar-refractivity contribution in [1.82, 2.24) is 0 Å². The molecule has 0 heterocycles. The van der Waals surface area contributed by atoms with Gasteiger partial charge in [-0.1, -0.05) is 254 Å². The fourth-order valence-corrected chi connectivity index (χ4v) is 7.51. The molecule has 0 aliphatic heterocycles. The molecular weight excluding hydrogens is 949 g/mol. The summed E-state index contributed by atoms with van der Waals surface area (Å²) < 4.78 is 16.7. The molecule has 0 aliphatic carbocycles. The SMILES string of the molecule is CC/C=C\C/C=C\C/C=C\C/C=C\C/C=C\C/C=C\CCCCC(=O)OC(COC(=O)C/C=C\C/C=C\C/C=C\C/C=C\C/C=C\CC)COC(=O)CCCCCCCCCCCC/C=C\C/C=C\C/C=C\C/C=C\CC. The number of carbonyl (C=O) groups is 3. The van der Waals surface area contributed by atoms with Crippen LogP contribution in [0.15, 0.2) is 182 Å². The molecule has 0 amide bonds. The van der Waals surface area contributed by atoms with Gasteiger partial charge in [-0.2, -0.15) is 0 Å². The highest BCUT2D eigenvalue weighted by molar-refractivity contribution is 5.72. The number of esters is 3. The number of carbonyl (C=O) groups excluding carboxylic acids is 3. The van der Waals surface area contributed by atoms with Gasteiger partial charge in [-0.3, -0.25) is 14.4 Å². The molecule has 0 aliphatic rings. The van der Waals surface area contributed by atoms with Crippen molar-refractivity contribution in [3.63, 3.8) is 0 Å². The van der Waals surface area contributed by atoms with Gasteiger partial charge in [0, 0.05) is 12.8 Å². The van der Waals surface area contributed by atoms with Gasteiger partial charge in [0.05, 0.1) is 6.42 Å². The van der Waals surface area contributed by atoms with Crippen LogP contribution in [0.5, 0.6) is 0 Å². The van der Waals surface area contributed by atoms with Gasteiger partial charge in [0.1, 0.15) is 13.2 Å². The average molecular weight is 1060 g/mol. The van der Waals surface area contributed by atoms with Crippen LogP contribution in [-0.4, -0.2) is 37.2 Å². The van der Waals surface area contributed by atoms with Crippen LogP contribution < -0.4 is 0 Å². The molecule has 0 aromatic heterocycles. The van der Waals surface area contributed by atoms with Gasteiger partial charge in [-0.05, 0) is 135 Å². The van der Waals surface area contributed by atoms with E-state index in [4.69, 9.17) is 14.2 Å². The maximum Gasteiger partial charge on any atom is 0.309 e. The molecule has 0 fully saturated rings. The Morgan fingerprint density at radius 3 is 0.870 bits per heavy atom. The van der Waals surface area contributed by atoms with E-state index >= 15 is 0 Å². The van der Waals surface area contributed by atoms with Gasteiger partial charge in [0.15, 0.2) is 6.10 Å². The number of hydrogen-bond donors (Lipinski definition) is 0. The Morgan fingerprint density at radius 2 is 0.519 bits per heavy atom. The van der Waals surface area contributed by atoms with E-state index in [-0.39, 0.29) is 38.0 Å². The van der Waals surface area contributed by atoms with Crippen molar-refractivity contribution in [1.29, 1.82) is 0 Å². The van der Waals surface area contributed by atoms with Crippen molar-refractivity contribution in [2.24, 2.45) is 0 Å². The highest BCUT2D eigenvalue weighted by atomic mass is 16.6. The first-order valence-electron chi connectivity index (χ1n) is 30.3. The van der Waals surface area contributed by atoms with Crippen LogP contribution in [0, 0.1) is 0 Å². The molecule has 0 saturated carbocycles. The largest absolute Gasteiger partial charge is 0.462 e. The van der Waals surface area contributed by atoms with Crippen LogP contribution in [0.2, 0.25) is 0 Å². The van der Waals surface area contributed by atoms with Crippen molar-refractivity contribution in [3.8, 4) is 0 Å². The Balaban J connectivity index is 4.57. The molecule has 0 rings (SSSR count). The molecule has 428 valence electrons. The second-order valence-corrected chi connectivity index (χ2v) is 19.1. The first-order chi connectivity index (χ1) is 38.0. The summed E-state index contributed by atoms with van der Waals surface area (Å²) >= 11 is 0. The highest BCUT2D eigenvalue weighted by Gasteiger charge is 2.19. The summed E-state index contributed by atoms with van der Waals surface area (Å²) in [6.07, 6.45) is 94.9. The van der Waals surface area contributed by atoms with Crippen molar-refractivity contribution in [2.75, 3.05) is 13.2 Å². The molecule has 6 heteroatoms. The third-order valence-corrected chi connectivity index (χ3v) is 11.9. The summed E-state index contributed by atoms with van der Waals surface area (Å²) in [5, 5.41) is 0. The molecule has 0 aromatic carbocycles. The van der Waals surface area contributed by atoms with E-state index < -0.39 is 12.1 Å². The molecule has 1 unspecified atom stereocenters. The van der Waals surface area contributed by atoms with E-state index in [1.165, 1.54) is 51.4 Å². The summed E-state index contributed by atoms with van der Waals surface area (Å²) in [5.41, 5.74) is 0. The molecule has 77 heavy (non-hydrogen) atoms. The quantitative estimate of drug-likeness (QED) is 0.0261. The lowest BCUT2D eigenvalue weighted by Gasteiger charge is -2.18. The first-order valence-corrected chi connectivity index (χ1v) is 30.3. The molecule has 6 nitrogen and oxygen atoms in total. The monoisotopic (exact) mass is 1060 g/mol. The standard InChI is InChI=1S/C71H108O6/c1-4-7-10-13-16-19-22-25-28-30-32-34-35-37-38-40-43-46-49-52-55-58-61-64-70(73)76-67-68(66-75-69(72)63-60-57-54-51-48-45-42-27-24-21-18-15-12-9-6-3)77-71(74)65-62-59-56-53-50-47-44-41-39-36-33-31-29-26-23-20-17-14-11-8-5-2/h7-12,16-21,25-29,32-34,36,41-42,44,48,50-51,53,57,60,68H,4-6,13-15,22-24,30-31,35,37-40,43,45-47,49,52,54-56,58-59,61-67H2,1-3H3/b10-7-,11-8-,12-9-,19-16-,20-17-,21-18-,28-25-,29-26-,34-32-,36-33-,42-27-,44-41-,51-48-,53-50-,60-57-. The van der Waals surface area contributed by atoms with E-state index in [1.54, 1.807) is 6.08 Å². The van der Waals surface area contributed by atoms with E-state index in [2.05, 4.69) is 191 Å². The smallest absolute Gasteiger partial charge is 0.309 e. The third kappa shape index (κ3) is 61.2. The number of unbranched alkanes of at least 4 members (excludes halogenated alkanes) is 12. The lowest BCUT2D eigenvalue weighted by molar-refractivity contribution is -0.166. The van der Waals surface area contributed by atoms with Crippen molar-refractivity contribution in [2.45, 2.75) is 232 Å². The fourth-order valence-electron chi connectivity index (χ4n) is 7.51.